The maximum Gasteiger partial charge on any atom is 0.0891 e. The van der Waals surface area contributed by atoms with Gasteiger partial charge in [-0.15, -0.1) is 0 Å². The van der Waals surface area contributed by atoms with Gasteiger partial charge >= 0.3 is 0 Å². The highest BCUT2D eigenvalue weighted by Crippen LogP contribution is 2.39. The lowest BCUT2D eigenvalue weighted by atomic mass is 9.81. The molecule has 7 N–H and O–H groups in total. The molecule has 0 aliphatic carbocycles. The van der Waals surface area contributed by atoms with E-state index >= 15 is 0 Å². The van der Waals surface area contributed by atoms with Gasteiger partial charge in [0.2, 0.25) is 0 Å². The zero-order chi connectivity index (χ0) is 40.6. The molecule has 0 aromatic carbocycles. The zero-order valence-corrected chi connectivity index (χ0v) is 35.8. The Morgan fingerprint density at radius 1 is 0.679 bits per heavy atom. The van der Waals surface area contributed by atoms with Crippen molar-refractivity contribution in [2.24, 2.45) is 0 Å². The van der Waals surface area contributed by atoms with Crippen molar-refractivity contribution >= 4 is 0 Å². The minimum Gasteiger partial charge on any atom is -0.392 e. The van der Waals surface area contributed by atoms with Crippen LogP contribution in [0.25, 0.3) is 0 Å². The van der Waals surface area contributed by atoms with Gasteiger partial charge in [0, 0.05) is 0 Å². The SMILES string of the molecule is C/C(=C\CCC(C)(O)C(O)CC/C(C)=C/CO)CC/C=C(\C)CCCC(C)(O)CCCC(C)(O)CCCC(C)(O)CCCC1(C)CCC(O)C(C)(C)O1. The van der Waals surface area contributed by atoms with E-state index < -0.39 is 40.2 Å². The Kier molecular flexibility index (Phi) is 21.3. The van der Waals surface area contributed by atoms with Crippen molar-refractivity contribution in [2.45, 2.75) is 243 Å². The van der Waals surface area contributed by atoms with Gasteiger partial charge in [-0.25, -0.2) is 0 Å². The van der Waals surface area contributed by atoms with Crippen molar-refractivity contribution in [3.8, 4) is 0 Å². The van der Waals surface area contributed by atoms with Crippen molar-refractivity contribution in [3.63, 3.8) is 0 Å². The first kappa shape index (κ1) is 49.9. The molecule has 8 nitrogen and oxygen atoms in total. The number of hydrogen-bond acceptors (Lipinski definition) is 8. The van der Waals surface area contributed by atoms with E-state index in [4.69, 9.17) is 9.84 Å². The summed E-state index contributed by atoms with van der Waals surface area (Å²) < 4.78 is 6.26. The van der Waals surface area contributed by atoms with Crippen molar-refractivity contribution in [1.29, 1.82) is 0 Å². The van der Waals surface area contributed by atoms with Crippen molar-refractivity contribution in [2.75, 3.05) is 6.61 Å². The summed E-state index contributed by atoms with van der Waals surface area (Å²) in [7, 11) is 0. The highest BCUT2D eigenvalue weighted by Gasteiger charge is 2.42. The third-order valence-corrected chi connectivity index (χ3v) is 12.0. The molecule has 0 aromatic heterocycles. The van der Waals surface area contributed by atoms with Gasteiger partial charge in [0.05, 0.1) is 52.4 Å². The summed E-state index contributed by atoms with van der Waals surface area (Å²) in [6.45, 7) is 19.5. The van der Waals surface area contributed by atoms with E-state index in [-0.39, 0.29) is 12.2 Å². The third kappa shape index (κ3) is 21.7. The minimum atomic E-state index is -1.15. The van der Waals surface area contributed by atoms with E-state index in [0.717, 1.165) is 69.8 Å². The summed E-state index contributed by atoms with van der Waals surface area (Å²) >= 11 is 0. The van der Waals surface area contributed by atoms with Crippen LogP contribution >= 0.6 is 0 Å². The first-order valence-electron chi connectivity index (χ1n) is 20.9. The van der Waals surface area contributed by atoms with Gasteiger partial charge in [-0.05, 0) is 198 Å². The van der Waals surface area contributed by atoms with Crippen LogP contribution in [-0.4, -0.2) is 88.2 Å². The average molecular weight is 753 g/mol. The van der Waals surface area contributed by atoms with Crippen molar-refractivity contribution < 1.29 is 40.5 Å². The Hall–Kier alpha value is -1.10. The topological polar surface area (TPSA) is 151 Å². The highest BCUT2D eigenvalue weighted by molar-refractivity contribution is 5.05. The van der Waals surface area contributed by atoms with Gasteiger partial charge < -0.3 is 40.5 Å². The largest absolute Gasteiger partial charge is 0.392 e. The first-order valence-corrected chi connectivity index (χ1v) is 20.9. The van der Waals surface area contributed by atoms with Gasteiger partial charge in [0.1, 0.15) is 0 Å². The monoisotopic (exact) mass is 753 g/mol. The summed E-state index contributed by atoms with van der Waals surface area (Å²) in [4.78, 5) is 0. The molecule has 53 heavy (non-hydrogen) atoms. The van der Waals surface area contributed by atoms with Crippen molar-refractivity contribution in [1.82, 2.24) is 0 Å². The molecule has 0 bridgehead atoms. The molecule has 0 radical (unpaired) electrons. The number of aliphatic hydroxyl groups excluding tert-OH is 3. The zero-order valence-electron chi connectivity index (χ0n) is 35.8. The van der Waals surface area contributed by atoms with Crippen LogP contribution in [0.3, 0.4) is 0 Å². The van der Waals surface area contributed by atoms with E-state index in [1.54, 1.807) is 13.0 Å². The molecule has 7 atom stereocenters. The van der Waals surface area contributed by atoms with E-state index in [0.29, 0.717) is 64.2 Å². The molecule has 0 aromatic rings. The maximum absolute atomic E-state index is 11.0. The molecule has 1 aliphatic rings. The molecular formula is C45H84O8. The van der Waals surface area contributed by atoms with Crippen molar-refractivity contribution in [3.05, 3.63) is 34.9 Å². The number of ether oxygens (including phenoxy) is 1. The van der Waals surface area contributed by atoms with E-state index in [2.05, 4.69) is 32.9 Å². The Morgan fingerprint density at radius 2 is 1.15 bits per heavy atom. The fraction of sp³-hybridized carbons (Fsp3) is 0.867. The van der Waals surface area contributed by atoms with Gasteiger partial charge in [-0.3, -0.25) is 0 Å². The van der Waals surface area contributed by atoms with Crippen LogP contribution in [0.1, 0.15) is 198 Å². The predicted molar refractivity (Wildman–Crippen MR) is 219 cm³/mol. The second kappa shape index (κ2) is 22.6. The van der Waals surface area contributed by atoms with Crippen LogP contribution in [-0.2, 0) is 4.74 Å². The highest BCUT2D eigenvalue weighted by atomic mass is 16.5. The molecule has 0 spiro atoms. The molecule has 1 rings (SSSR count). The molecular weight excluding hydrogens is 668 g/mol. The second-order valence-corrected chi connectivity index (χ2v) is 18.9. The van der Waals surface area contributed by atoms with Crippen LogP contribution in [0.15, 0.2) is 34.9 Å². The molecule has 1 heterocycles. The average Bonchev–Trinajstić information content (AvgIpc) is 3.01. The predicted octanol–water partition coefficient (Wildman–Crippen LogP) is 8.91. The summed E-state index contributed by atoms with van der Waals surface area (Å²) in [6.07, 6.45) is 19.6. The van der Waals surface area contributed by atoms with Gasteiger partial charge in [0.15, 0.2) is 0 Å². The molecule has 1 aliphatic heterocycles. The van der Waals surface area contributed by atoms with Crippen LogP contribution in [0.2, 0.25) is 0 Å². The molecule has 0 saturated carbocycles. The first-order chi connectivity index (χ1) is 24.3. The van der Waals surface area contributed by atoms with Gasteiger partial charge in [-0.2, -0.15) is 0 Å². The fourth-order valence-corrected chi connectivity index (χ4v) is 7.85. The van der Waals surface area contributed by atoms with Crippen LogP contribution in [0.4, 0.5) is 0 Å². The Labute approximate surface area is 324 Å². The molecule has 1 fully saturated rings. The Bertz CT molecular complexity index is 1130. The fourth-order valence-electron chi connectivity index (χ4n) is 7.85. The standard InChI is InChI=1S/C45H84O8/c1-35(17-11-18-36(2)20-13-32-45(10,52)39(48)22-21-37(3)24-34-46)19-12-25-41(6,49)26-14-27-42(7,50)28-15-29-43(8,51)30-16-31-44(9)33-23-38(47)40(4,5)53-44/h17,20,24,38-39,46-52H,11-16,18-19,21-23,25-34H2,1-10H3/b35-17+,36-20+,37-24+. The lowest BCUT2D eigenvalue weighted by Crippen LogP contribution is -2.51. The number of rotatable bonds is 27. The van der Waals surface area contributed by atoms with E-state index in [9.17, 15) is 30.6 Å². The maximum atomic E-state index is 11.0. The lowest BCUT2D eigenvalue weighted by Gasteiger charge is -2.46. The summed E-state index contributed by atoms with van der Waals surface area (Å²) in [6, 6.07) is 0. The quantitative estimate of drug-likeness (QED) is 0.0411. The third-order valence-electron chi connectivity index (χ3n) is 12.0. The molecule has 7 unspecified atom stereocenters. The van der Waals surface area contributed by atoms with Crippen LogP contribution < -0.4 is 0 Å². The molecule has 8 heteroatoms. The van der Waals surface area contributed by atoms with Crippen LogP contribution in [0.5, 0.6) is 0 Å². The smallest absolute Gasteiger partial charge is 0.0891 e. The molecule has 1 saturated heterocycles. The second-order valence-electron chi connectivity index (χ2n) is 18.9. The molecule has 312 valence electrons. The minimum absolute atomic E-state index is 0.00749. The Balaban J connectivity index is 2.30. The van der Waals surface area contributed by atoms with Gasteiger partial charge in [-0.1, -0.05) is 34.9 Å². The Morgan fingerprint density at radius 3 is 1.68 bits per heavy atom. The van der Waals surface area contributed by atoms with E-state index in [1.807, 2.05) is 41.5 Å². The van der Waals surface area contributed by atoms with E-state index in [1.165, 1.54) is 11.1 Å². The lowest BCUT2D eigenvalue weighted by molar-refractivity contribution is -0.217. The number of aliphatic hydroxyl groups is 7. The summed E-state index contributed by atoms with van der Waals surface area (Å²) in [5, 5.41) is 73.5. The normalized spacial score (nSPS) is 25.3. The number of allylic oxidation sites excluding steroid dienone is 5. The molecule has 0 amide bonds. The summed E-state index contributed by atoms with van der Waals surface area (Å²) in [5.41, 5.74) is -0.767. The summed E-state index contributed by atoms with van der Waals surface area (Å²) in [5.74, 6) is 0. The number of hydrogen-bond donors (Lipinski definition) is 7. The van der Waals surface area contributed by atoms with Crippen LogP contribution in [0, 0.1) is 0 Å². The van der Waals surface area contributed by atoms with Gasteiger partial charge in [0.25, 0.3) is 0 Å².